The van der Waals surface area contributed by atoms with Crippen molar-refractivity contribution in [1.82, 2.24) is 5.32 Å². The summed E-state index contributed by atoms with van der Waals surface area (Å²) in [6.07, 6.45) is 3.91. The van der Waals surface area contributed by atoms with Crippen LogP contribution in [0.2, 0.25) is 0 Å². The Hall–Kier alpha value is -0.740. The summed E-state index contributed by atoms with van der Waals surface area (Å²) in [5, 5.41) is 3.71. The van der Waals surface area contributed by atoms with Gasteiger partial charge in [-0.05, 0) is 64.7 Å². The number of ether oxygens (including phenoxy) is 2. The highest BCUT2D eigenvalue weighted by Crippen LogP contribution is 2.38. The van der Waals surface area contributed by atoms with Crippen LogP contribution < -0.4 is 14.8 Å². The maximum Gasteiger partial charge on any atom is 0.175 e. The molecule has 1 aromatic carbocycles. The van der Waals surface area contributed by atoms with Crippen LogP contribution in [0.25, 0.3) is 0 Å². The second-order valence-corrected chi connectivity index (χ2v) is 7.30. The lowest BCUT2D eigenvalue weighted by Gasteiger charge is -2.32. The first-order chi connectivity index (χ1) is 10.1. The molecule has 1 aliphatic carbocycles. The van der Waals surface area contributed by atoms with Gasteiger partial charge in [0.1, 0.15) is 13.2 Å². The van der Waals surface area contributed by atoms with Crippen LogP contribution in [-0.2, 0) is 6.54 Å². The molecule has 1 saturated carbocycles. The minimum absolute atomic E-state index is 0.626. The Bertz CT molecular complexity index is 506. The van der Waals surface area contributed by atoms with Gasteiger partial charge in [-0.25, -0.2) is 0 Å². The first-order valence-electron chi connectivity index (χ1n) is 7.95. The highest BCUT2D eigenvalue weighted by molar-refractivity contribution is 9.10. The van der Waals surface area contributed by atoms with Gasteiger partial charge in [0.2, 0.25) is 0 Å². The summed E-state index contributed by atoms with van der Waals surface area (Å²) in [4.78, 5) is 0. The Labute approximate surface area is 135 Å². The van der Waals surface area contributed by atoms with Crippen LogP contribution in [-0.4, -0.2) is 19.3 Å². The van der Waals surface area contributed by atoms with E-state index in [0.717, 1.165) is 34.4 Å². The van der Waals surface area contributed by atoms with Gasteiger partial charge in [0, 0.05) is 12.6 Å². The number of rotatable bonds is 3. The molecule has 1 heterocycles. The molecular formula is C17H24BrNO2. The monoisotopic (exact) mass is 353 g/mol. The van der Waals surface area contributed by atoms with Gasteiger partial charge in [0.15, 0.2) is 11.5 Å². The van der Waals surface area contributed by atoms with Crippen molar-refractivity contribution in [2.24, 2.45) is 11.8 Å². The van der Waals surface area contributed by atoms with Gasteiger partial charge in [-0.3, -0.25) is 0 Å². The zero-order valence-corrected chi connectivity index (χ0v) is 14.4. The molecular weight excluding hydrogens is 330 g/mol. The van der Waals surface area contributed by atoms with Crippen LogP contribution in [0.3, 0.4) is 0 Å². The number of fused-ring (bicyclic) bond motifs is 1. The van der Waals surface area contributed by atoms with Gasteiger partial charge in [0.05, 0.1) is 4.47 Å². The average molecular weight is 354 g/mol. The summed E-state index contributed by atoms with van der Waals surface area (Å²) in [6, 6.07) is 4.87. The number of hydrogen-bond acceptors (Lipinski definition) is 3. The Balaban J connectivity index is 1.62. The fourth-order valence-electron chi connectivity index (χ4n) is 3.26. The van der Waals surface area contributed by atoms with Crippen LogP contribution in [0.1, 0.15) is 38.7 Å². The Morgan fingerprint density at radius 1 is 1.14 bits per heavy atom. The smallest absolute Gasteiger partial charge is 0.175 e. The van der Waals surface area contributed by atoms with Crippen molar-refractivity contribution in [2.45, 2.75) is 45.7 Å². The van der Waals surface area contributed by atoms with E-state index in [1.54, 1.807) is 0 Å². The summed E-state index contributed by atoms with van der Waals surface area (Å²) in [7, 11) is 0. The summed E-state index contributed by atoms with van der Waals surface area (Å²) in [6.45, 7) is 6.90. The number of nitrogens with one attached hydrogen (secondary N) is 1. The van der Waals surface area contributed by atoms with Crippen LogP contribution in [0.15, 0.2) is 16.6 Å². The molecule has 0 amide bonds. The van der Waals surface area contributed by atoms with Crippen LogP contribution in [0.4, 0.5) is 0 Å². The summed E-state index contributed by atoms with van der Waals surface area (Å²) in [5.41, 5.74) is 1.25. The molecule has 1 aliphatic heterocycles. The third kappa shape index (κ3) is 3.54. The van der Waals surface area contributed by atoms with E-state index in [-0.39, 0.29) is 0 Å². The summed E-state index contributed by atoms with van der Waals surface area (Å²) in [5.74, 6) is 3.39. The van der Waals surface area contributed by atoms with E-state index >= 15 is 0 Å². The SMILES string of the molecule is CC1CCC(NCc2cc(Br)c3c(c2)OCCO3)CC1C. The third-order valence-electron chi connectivity index (χ3n) is 4.85. The van der Waals surface area contributed by atoms with Gasteiger partial charge < -0.3 is 14.8 Å². The molecule has 1 aromatic rings. The zero-order chi connectivity index (χ0) is 14.8. The fraction of sp³-hybridized carbons (Fsp3) is 0.647. The molecule has 21 heavy (non-hydrogen) atoms. The average Bonchev–Trinajstić information content (AvgIpc) is 2.49. The maximum absolute atomic E-state index is 5.69. The van der Waals surface area contributed by atoms with E-state index in [1.807, 2.05) is 0 Å². The standard InChI is InChI=1S/C17H24BrNO2/c1-11-3-4-14(7-12(11)2)19-10-13-8-15(18)17-16(9-13)20-5-6-21-17/h8-9,11-12,14,19H,3-7,10H2,1-2H3. The minimum Gasteiger partial charge on any atom is -0.486 e. The lowest BCUT2D eigenvalue weighted by Crippen LogP contribution is -2.35. The van der Waals surface area contributed by atoms with E-state index in [0.29, 0.717) is 19.3 Å². The molecule has 3 atom stereocenters. The van der Waals surface area contributed by atoms with Crippen molar-refractivity contribution in [3.8, 4) is 11.5 Å². The van der Waals surface area contributed by atoms with Gasteiger partial charge in [-0.2, -0.15) is 0 Å². The second-order valence-electron chi connectivity index (χ2n) is 6.45. The van der Waals surface area contributed by atoms with Crippen LogP contribution in [0.5, 0.6) is 11.5 Å². The normalized spacial score (nSPS) is 28.4. The zero-order valence-electron chi connectivity index (χ0n) is 12.8. The quantitative estimate of drug-likeness (QED) is 0.885. The van der Waals surface area contributed by atoms with Crippen molar-refractivity contribution in [3.05, 3.63) is 22.2 Å². The maximum atomic E-state index is 5.69. The van der Waals surface area contributed by atoms with Crippen molar-refractivity contribution < 1.29 is 9.47 Å². The number of benzene rings is 1. The van der Waals surface area contributed by atoms with Crippen molar-refractivity contribution in [2.75, 3.05) is 13.2 Å². The molecule has 4 heteroatoms. The number of hydrogen-bond donors (Lipinski definition) is 1. The molecule has 2 aliphatic rings. The lowest BCUT2D eigenvalue weighted by atomic mass is 9.79. The Morgan fingerprint density at radius 2 is 1.95 bits per heavy atom. The van der Waals surface area contributed by atoms with E-state index in [4.69, 9.17) is 9.47 Å². The van der Waals surface area contributed by atoms with Gasteiger partial charge in [0.25, 0.3) is 0 Å². The largest absolute Gasteiger partial charge is 0.486 e. The van der Waals surface area contributed by atoms with Gasteiger partial charge in [-0.1, -0.05) is 13.8 Å². The Kier molecular flexibility index (Phi) is 4.75. The Morgan fingerprint density at radius 3 is 2.76 bits per heavy atom. The predicted molar refractivity (Wildman–Crippen MR) is 87.9 cm³/mol. The van der Waals surface area contributed by atoms with Gasteiger partial charge in [-0.15, -0.1) is 0 Å². The molecule has 0 radical (unpaired) electrons. The minimum atomic E-state index is 0.626. The molecule has 0 spiro atoms. The fourth-order valence-corrected chi connectivity index (χ4v) is 3.87. The molecule has 3 rings (SSSR count). The predicted octanol–water partition coefficient (Wildman–Crippen LogP) is 4.13. The first-order valence-corrected chi connectivity index (χ1v) is 8.74. The molecule has 3 nitrogen and oxygen atoms in total. The molecule has 0 aromatic heterocycles. The topological polar surface area (TPSA) is 30.5 Å². The summed E-state index contributed by atoms with van der Waals surface area (Å²) >= 11 is 3.58. The van der Waals surface area contributed by atoms with E-state index in [9.17, 15) is 0 Å². The highest BCUT2D eigenvalue weighted by Gasteiger charge is 2.24. The highest BCUT2D eigenvalue weighted by atomic mass is 79.9. The van der Waals surface area contributed by atoms with E-state index in [1.165, 1.54) is 24.8 Å². The van der Waals surface area contributed by atoms with Crippen molar-refractivity contribution in [3.63, 3.8) is 0 Å². The summed E-state index contributed by atoms with van der Waals surface area (Å²) < 4.78 is 12.3. The first kappa shape index (κ1) is 15.2. The second kappa shape index (κ2) is 6.57. The lowest BCUT2D eigenvalue weighted by molar-refractivity contribution is 0.170. The van der Waals surface area contributed by atoms with E-state index in [2.05, 4.69) is 47.2 Å². The van der Waals surface area contributed by atoms with E-state index < -0.39 is 0 Å². The van der Waals surface area contributed by atoms with Crippen LogP contribution in [0, 0.1) is 11.8 Å². The third-order valence-corrected chi connectivity index (χ3v) is 5.44. The molecule has 0 bridgehead atoms. The number of halogens is 1. The van der Waals surface area contributed by atoms with Crippen LogP contribution >= 0.6 is 15.9 Å². The molecule has 1 N–H and O–H groups in total. The van der Waals surface area contributed by atoms with Crippen molar-refractivity contribution >= 4 is 15.9 Å². The molecule has 1 fully saturated rings. The molecule has 0 saturated heterocycles. The van der Waals surface area contributed by atoms with Gasteiger partial charge >= 0.3 is 0 Å². The molecule has 3 unspecified atom stereocenters. The van der Waals surface area contributed by atoms with Crippen molar-refractivity contribution in [1.29, 1.82) is 0 Å². The molecule has 116 valence electrons.